The zero-order valence-corrected chi connectivity index (χ0v) is 12.2. The molecule has 0 heterocycles. The number of anilines is 1. The number of hydrogen-bond donors (Lipinski definition) is 1. The number of ether oxygens (including phenoxy) is 1. The van der Waals surface area contributed by atoms with Crippen LogP contribution in [0.3, 0.4) is 0 Å². The Labute approximate surface area is 116 Å². The van der Waals surface area contributed by atoms with Crippen LogP contribution in [0.25, 0.3) is 0 Å². The molecule has 8 heteroatoms. The van der Waals surface area contributed by atoms with Crippen LogP contribution in [0.2, 0.25) is 5.02 Å². The average Bonchev–Trinajstić information content (AvgIpc) is 2.27. The number of hydrogen-bond acceptors (Lipinski definition) is 4. The number of carboxylic acid groups (broad SMARTS) is 1. The molecule has 0 saturated heterocycles. The highest BCUT2D eigenvalue weighted by molar-refractivity contribution is 7.92. The van der Waals surface area contributed by atoms with Gasteiger partial charge in [0.15, 0.2) is 0 Å². The topological polar surface area (TPSA) is 83.9 Å². The molecular weight excluding hydrogens is 294 g/mol. The number of halogens is 1. The van der Waals surface area contributed by atoms with Gasteiger partial charge in [0.1, 0.15) is 11.8 Å². The number of methoxy groups -OCH3 is 1. The Bertz CT molecular complexity index is 587. The zero-order chi connectivity index (χ0) is 14.8. The Kier molecular flexibility index (Phi) is 4.65. The maximum Gasteiger partial charge on any atom is 0.327 e. The van der Waals surface area contributed by atoms with Gasteiger partial charge in [-0.2, -0.15) is 0 Å². The first-order chi connectivity index (χ1) is 8.68. The number of carbonyl (C=O) groups is 1. The van der Waals surface area contributed by atoms with E-state index < -0.39 is 22.0 Å². The number of benzene rings is 1. The number of rotatable bonds is 5. The standard InChI is InChI=1S/C11H14ClNO5S/c1-7(11(14)15)13(19(3,16)17)8-4-5-10(18-2)9(12)6-8/h4-7H,1-3H3,(H,14,15)/t7-/m1/s1. The molecule has 106 valence electrons. The number of sulfonamides is 1. The van der Waals surface area contributed by atoms with Gasteiger partial charge in [0.2, 0.25) is 10.0 Å². The Morgan fingerprint density at radius 1 is 1.47 bits per heavy atom. The van der Waals surface area contributed by atoms with Crippen molar-refractivity contribution in [2.24, 2.45) is 0 Å². The maximum atomic E-state index is 11.7. The predicted octanol–water partition coefficient (Wildman–Crippen LogP) is 1.59. The van der Waals surface area contributed by atoms with Gasteiger partial charge >= 0.3 is 5.97 Å². The van der Waals surface area contributed by atoms with Gasteiger partial charge in [-0.05, 0) is 25.1 Å². The molecule has 0 bridgehead atoms. The van der Waals surface area contributed by atoms with Crippen LogP contribution in [-0.2, 0) is 14.8 Å². The van der Waals surface area contributed by atoms with E-state index in [0.717, 1.165) is 10.6 Å². The van der Waals surface area contributed by atoms with Crippen molar-refractivity contribution in [1.82, 2.24) is 0 Å². The molecule has 0 fully saturated rings. The summed E-state index contributed by atoms with van der Waals surface area (Å²) < 4.78 is 29.2. The number of carboxylic acids is 1. The number of aliphatic carboxylic acids is 1. The van der Waals surface area contributed by atoms with E-state index in [2.05, 4.69) is 0 Å². The SMILES string of the molecule is COc1ccc(N([C@H](C)C(=O)O)S(C)(=O)=O)cc1Cl. The van der Waals surface area contributed by atoms with Crippen LogP contribution in [0.1, 0.15) is 6.92 Å². The van der Waals surface area contributed by atoms with Crippen molar-refractivity contribution in [1.29, 1.82) is 0 Å². The van der Waals surface area contributed by atoms with Crippen molar-refractivity contribution in [3.63, 3.8) is 0 Å². The molecule has 0 spiro atoms. The van der Waals surface area contributed by atoms with E-state index in [-0.39, 0.29) is 10.7 Å². The van der Waals surface area contributed by atoms with E-state index in [4.69, 9.17) is 21.4 Å². The molecule has 0 radical (unpaired) electrons. The first-order valence-electron chi connectivity index (χ1n) is 5.24. The molecule has 0 unspecified atom stereocenters. The Balaban J connectivity index is 3.34. The molecule has 6 nitrogen and oxygen atoms in total. The second kappa shape index (κ2) is 5.66. The fourth-order valence-corrected chi connectivity index (χ4v) is 3.01. The lowest BCUT2D eigenvalue weighted by atomic mass is 10.2. The summed E-state index contributed by atoms with van der Waals surface area (Å²) in [6, 6.07) is 3.02. The van der Waals surface area contributed by atoms with Gasteiger partial charge in [-0.1, -0.05) is 11.6 Å². The molecule has 19 heavy (non-hydrogen) atoms. The van der Waals surface area contributed by atoms with Crippen molar-refractivity contribution >= 4 is 33.3 Å². The third-order valence-corrected chi connectivity index (χ3v) is 3.99. The summed E-state index contributed by atoms with van der Waals surface area (Å²) in [5.41, 5.74) is 0.170. The number of nitrogens with zero attached hydrogens (tertiary/aromatic N) is 1. The largest absolute Gasteiger partial charge is 0.495 e. The van der Waals surface area contributed by atoms with Crippen LogP contribution < -0.4 is 9.04 Å². The fraction of sp³-hybridized carbons (Fsp3) is 0.364. The van der Waals surface area contributed by atoms with Crippen molar-refractivity contribution < 1.29 is 23.1 Å². The lowest BCUT2D eigenvalue weighted by molar-refractivity contribution is -0.137. The van der Waals surface area contributed by atoms with Gasteiger partial charge in [-0.25, -0.2) is 13.2 Å². The maximum absolute atomic E-state index is 11.7. The first kappa shape index (κ1) is 15.6. The Morgan fingerprint density at radius 3 is 2.42 bits per heavy atom. The monoisotopic (exact) mass is 307 g/mol. The minimum absolute atomic E-state index is 0.170. The highest BCUT2D eigenvalue weighted by Gasteiger charge is 2.29. The van der Waals surface area contributed by atoms with E-state index in [1.54, 1.807) is 0 Å². The van der Waals surface area contributed by atoms with Crippen molar-refractivity contribution in [3.8, 4) is 5.75 Å². The quantitative estimate of drug-likeness (QED) is 0.893. The Hall–Kier alpha value is -1.47. The van der Waals surface area contributed by atoms with E-state index in [1.807, 2.05) is 0 Å². The van der Waals surface area contributed by atoms with E-state index in [1.165, 1.54) is 32.2 Å². The highest BCUT2D eigenvalue weighted by atomic mass is 35.5. The summed E-state index contributed by atoms with van der Waals surface area (Å²) in [6.45, 7) is 1.28. The molecule has 1 N–H and O–H groups in total. The normalized spacial score (nSPS) is 12.8. The molecule has 0 aromatic heterocycles. The summed E-state index contributed by atoms with van der Waals surface area (Å²) in [4.78, 5) is 11.0. The van der Waals surface area contributed by atoms with E-state index in [0.29, 0.717) is 5.75 Å². The lowest BCUT2D eigenvalue weighted by Crippen LogP contribution is -2.42. The smallest absolute Gasteiger partial charge is 0.327 e. The zero-order valence-electron chi connectivity index (χ0n) is 10.6. The van der Waals surface area contributed by atoms with Crippen LogP contribution >= 0.6 is 11.6 Å². The fourth-order valence-electron chi connectivity index (χ4n) is 1.59. The summed E-state index contributed by atoms with van der Waals surface area (Å²) >= 11 is 5.91. The van der Waals surface area contributed by atoms with Gasteiger partial charge in [0, 0.05) is 0 Å². The Morgan fingerprint density at radius 2 is 2.05 bits per heavy atom. The van der Waals surface area contributed by atoms with E-state index >= 15 is 0 Å². The van der Waals surface area contributed by atoms with Crippen LogP contribution in [0.4, 0.5) is 5.69 Å². The molecule has 1 atom stereocenters. The third kappa shape index (κ3) is 3.51. The molecule has 0 saturated carbocycles. The van der Waals surface area contributed by atoms with E-state index in [9.17, 15) is 13.2 Å². The van der Waals surface area contributed by atoms with Gasteiger partial charge in [0.25, 0.3) is 0 Å². The predicted molar refractivity (Wildman–Crippen MR) is 72.4 cm³/mol. The van der Waals surface area contributed by atoms with Crippen LogP contribution in [0, 0.1) is 0 Å². The van der Waals surface area contributed by atoms with Crippen LogP contribution in [0.5, 0.6) is 5.75 Å². The minimum atomic E-state index is -3.75. The molecule has 1 rings (SSSR count). The van der Waals surface area contributed by atoms with Gasteiger partial charge in [-0.3, -0.25) is 4.31 Å². The van der Waals surface area contributed by atoms with Crippen molar-refractivity contribution in [2.45, 2.75) is 13.0 Å². The summed E-state index contributed by atoms with van der Waals surface area (Å²) in [7, 11) is -2.32. The molecule has 1 aromatic rings. The second-order valence-electron chi connectivity index (χ2n) is 3.89. The molecule has 0 aliphatic heterocycles. The molecule has 1 aromatic carbocycles. The summed E-state index contributed by atoms with van der Waals surface area (Å²) in [5, 5.41) is 9.18. The van der Waals surface area contributed by atoms with Gasteiger partial charge in [0.05, 0.1) is 24.1 Å². The minimum Gasteiger partial charge on any atom is -0.495 e. The van der Waals surface area contributed by atoms with Gasteiger partial charge < -0.3 is 9.84 Å². The lowest BCUT2D eigenvalue weighted by Gasteiger charge is -2.26. The second-order valence-corrected chi connectivity index (χ2v) is 6.16. The molecular formula is C11H14ClNO5S. The molecule has 0 amide bonds. The highest BCUT2D eigenvalue weighted by Crippen LogP contribution is 2.31. The summed E-state index contributed by atoms with van der Waals surface area (Å²) in [5.74, 6) is -0.876. The van der Waals surface area contributed by atoms with Crippen LogP contribution in [-0.4, -0.2) is 38.9 Å². The van der Waals surface area contributed by atoms with Gasteiger partial charge in [-0.15, -0.1) is 0 Å². The first-order valence-corrected chi connectivity index (χ1v) is 7.47. The van der Waals surface area contributed by atoms with Crippen molar-refractivity contribution in [2.75, 3.05) is 17.7 Å². The average molecular weight is 308 g/mol. The third-order valence-electron chi connectivity index (χ3n) is 2.46. The molecule has 0 aliphatic rings. The molecule has 0 aliphatic carbocycles. The van der Waals surface area contributed by atoms with Crippen molar-refractivity contribution in [3.05, 3.63) is 23.2 Å². The summed E-state index contributed by atoms with van der Waals surface area (Å²) in [6.07, 6.45) is 0.935. The van der Waals surface area contributed by atoms with Crippen LogP contribution in [0.15, 0.2) is 18.2 Å².